The number of benzene rings is 1. The molecule has 0 unspecified atom stereocenters. The van der Waals surface area contributed by atoms with Gasteiger partial charge in [0.15, 0.2) is 5.65 Å². The molecular formula is C18H22N4O. The molecule has 0 bridgehead atoms. The van der Waals surface area contributed by atoms with Crippen molar-refractivity contribution in [2.45, 2.75) is 26.8 Å². The van der Waals surface area contributed by atoms with Crippen LogP contribution in [0, 0.1) is 12.8 Å². The minimum atomic E-state index is -0.0223. The van der Waals surface area contributed by atoms with E-state index in [9.17, 15) is 5.11 Å². The summed E-state index contributed by atoms with van der Waals surface area (Å²) in [6, 6.07) is 12.1. The third-order valence-corrected chi connectivity index (χ3v) is 4.01. The van der Waals surface area contributed by atoms with Crippen molar-refractivity contribution in [3.05, 3.63) is 48.2 Å². The largest absolute Gasteiger partial charge is 0.394 e. The summed E-state index contributed by atoms with van der Waals surface area (Å²) in [5.74, 6) is 1.05. The molecule has 0 aliphatic rings. The van der Waals surface area contributed by atoms with Crippen molar-refractivity contribution >= 4 is 11.5 Å². The molecular weight excluding hydrogens is 288 g/mol. The molecule has 0 saturated heterocycles. The van der Waals surface area contributed by atoms with Crippen molar-refractivity contribution in [3.63, 3.8) is 0 Å². The third-order valence-electron chi connectivity index (χ3n) is 4.01. The Balaban J connectivity index is 2.00. The Hall–Kier alpha value is -2.40. The molecule has 0 spiro atoms. The van der Waals surface area contributed by atoms with Crippen molar-refractivity contribution in [2.75, 3.05) is 11.9 Å². The Labute approximate surface area is 136 Å². The fraction of sp³-hybridized carbons (Fsp3) is 0.333. The van der Waals surface area contributed by atoms with Crippen molar-refractivity contribution in [3.8, 4) is 11.3 Å². The third kappa shape index (κ3) is 3.19. The summed E-state index contributed by atoms with van der Waals surface area (Å²) >= 11 is 0. The van der Waals surface area contributed by atoms with Gasteiger partial charge >= 0.3 is 0 Å². The highest BCUT2D eigenvalue weighted by Gasteiger charge is 2.14. The standard InChI is InChI=1S/C18H22N4O/c1-12(2)15(11-23)20-17-7-8-18-19-10-16(22(18)21-17)14-6-4-5-13(3)9-14/h4-10,12,15,23H,11H2,1-3H3,(H,20,21)/t15-/m1/s1. The highest BCUT2D eigenvalue weighted by Crippen LogP contribution is 2.22. The second-order valence-electron chi connectivity index (χ2n) is 6.18. The summed E-state index contributed by atoms with van der Waals surface area (Å²) in [4.78, 5) is 4.42. The second-order valence-corrected chi connectivity index (χ2v) is 6.18. The molecule has 120 valence electrons. The Morgan fingerprint density at radius 1 is 1.22 bits per heavy atom. The van der Waals surface area contributed by atoms with Gasteiger partial charge in [0.25, 0.3) is 0 Å². The molecule has 0 fully saturated rings. The molecule has 5 nitrogen and oxygen atoms in total. The Kier molecular flexibility index (Phi) is 4.30. The van der Waals surface area contributed by atoms with E-state index in [0.717, 1.165) is 22.7 Å². The lowest BCUT2D eigenvalue weighted by atomic mass is 10.1. The van der Waals surface area contributed by atoms with Gasteiger partial charge in [-0.15, -0.1) is 5.10 Å². The van der Waals surface area contributed by atoms with E-state index in [0.29, 0.717) is 5.92 Å². The van der Waals surface area contributed by atoms with E-state index in [1.165, 1.54) is 5.56 Å². The number of fused-ring (bicyclic) bond motifs is 1. The van der Waals surface area contributed by atoms with E-state index < -0.39 is 0 Å². The van der Waals surface area contributed by atoms with E-state index in [-0.39, 0.29) is 12.6 Å². The minimum absolute atomic E-state index is 0.0223. The number of rotatable bonds is 5. The molecule has 1 aromatic carbocycles. The number of nitrogens with one attached hydrogen (secondary N) is 1. The zero-order valence-electron chi connectivity index (χ0n) is 13.7. The lowest BCUT2D eigenvalue weighted by Crippen LogP contribution is -2.30. The molecule has 5 heteroatoms. The second kappa shape index (κ2) is 6.38. The fourth-order valence-corrected chi connectivity index (χ4v) is 2.56. The fourth-order valence-electron chi connectivity index (χ4n) is 2.56. The summed E-state index contributed by atoms with van der Waals surface area (Å²) in [6.07, 6.45) is 1.84. The van der Waals surface area contributed by atoms with Crippen LogP contribution in [0.3, 0.4) is 0 Å². The maximum absolute atomic E-state index is 9.48. The van der Waals surface area contributed by atoms with Gasteiger partial charge in [0.2, 0.25) is 0 Å². The zero-order valence-corrected chi connectivity index (χ0v) is 13.7. The van der Waals surface area contributed by atoms with Gasteiger partial charge in [0.1, 0.15) is 5.82 Å². The number of imidazole rings is 1. The summed E-state index contributed by atoms with van der Waals surface area (Å²) in [5.41, 5.74) is 4.05. The predicted octanol–water partition coefficient (Wildman–Crippen LogP) is 3.13. The van der Waals surface area contributed by atoms with Crippen molar-refractivity contribution in [1.82, 2.24) is 14.6 Å². The van der Waals surface area contributed by atoms with Crippen molar-refractivity contribution in [1.29, 1.82) is 0 Å². The van der Waals surface area contributed by atoms with Crippen molar-refractivity contribution < 1.29 is 5.11 Å². The molecule has 3 rings (SSSR count). The molecule has 0 aliphatic carbocycles. The van der Waals surface area contributed by atoms with E-state index in [1.54, 1.807) is 0 Å². The predicted molar refractivity (Wildman–Crippen MR) is 92.5 cm³/mol. The average Bonchev–Trinajstić information content (AvgIpc) is 2.95. The monoisotopic (exact) mass is 310 g/mol. The quantitative estimate of drug-likeness (QED) is 0.760. The first-order chi connectivity index (χ1) is 11.1. The number of aliphatic hydroxyl groups excluding tert-OH is 1. The Bertz CT molecular complexity index is 810. The SMILES string of the molecule is Cc1cccc(-c2cnc3ccc(N[C@H](CO)C(C)C)nn23)c1. The van der Waals surface area contributed by atoms with Crippen molar-refractivity contribution in [2.24, 2.45) is 5.92 Å². The molecule has 2 heterocycles. The summed E-state index contributed by atoms with van der Waals surface area (Å²) in [7, 11) is 0. The van der Waals surface area contributed by atoms with E-state index >= 15 is 0 Å². The first-order valence-corrected chi connectivity index (χ1v) is 7.87. The van der Waals surface area contributed by atoms with E-state index in [2.05, 4.69) is 54.4 Å². The van der Waals surface area contributed by atoms with Gasteiger partial charge < -0.3 is 10.4 Å². The highest BCUT2D eigenvalue weighted by atomic mass is 16.3. The maximum atomic E-state index is 9.48. The van der Waals surface area contributed by atoms with Crippen LogP contribution in [-0.4, -0.2) is 32.4 Å². The van der Waals surface area contributed by atoms with Crippen LogP contribution in [0.5, 0.6) is 0 Å². The van der Waals surface area contributed by atoms with Crippen LogP contribution in [0.15, 0.2) is 42.6 Å². The number of hydrogen-bond acceptors (Lipinski definition) is 4. The van der Waals surface area contributed by atoms with Gasteiger partial charge in [0, 0.05) is 5.56 Å². The zero-order chi connectivity index (χ0) is 16.4. The van der Waals surface area contributed by atoms with Crippen LogP contribution < -0.4 is 5.32 Å². The Morgan fingerprint density at radius 3 is 2.74 bits per heavy atom. The van der Waals surface area contributed by atoms with Crippen LogP contribution in [0.4, 0.5) is 5.82 Å². The van der Waals surface area contributed by atoms with E-state index in [1.807, 2.05) is 28.9 Å². The summed E-state index contributed by atoms with van der Waals surface area (Å²) in [5, 5.41) is 17.4. The van der Waals surface area contributed by atoms with Gasteiger partial charge in [0.05, 0.1) is 24.5 Å². The number of aryl methyl sites for hydroxylation is 1. The molecule has 0 amide bonds. The van der Waals surface area contributed by atoms with Gasteiger partial charge in [-0.1, -0.05) is 37.6 Å². The molecule has 1 atom stereocenters. The molecule has 2 N–H and O–H groups in total. The molecule has 2 aromatic heterocycles. The highest BCUT2D eigenvalue weighted by molar-refractivity contribution is 5.64. The Morgan fingerprint density at radius 2 is 2.04 bits per heavy atom. The number of hydrogen-bond donors (Lipinski definition) is 2. The summed E-state index contributed by atoms with van der Waals surface area (Å²) < 4.78 is 1.84. The molecule has 23 heavy (non-hydrogen) atoms. The lowest BCUT2D eigenvalue weighted by molar-refractivity contribution is 0.249. The number of aliphatic hydroxyl groups is 1. The number of nitrogens with zero attached hydrogens (tertiary/aromatic N) is 3. The minimum Gasteiger partial charge on any atom is -0.394 e. The van der Waals surface area contributed by atoms with Crippen LogP contribution in [0.25, 0.3) is 16.9 Å². The van der Waals surface area contributed by atoms with Gasteiger partial charge in [-0.3, -0.25) is 0 Å². The van der Waals surface area contributed by atoms with Crippen LogP contribution >= 0.6 is 0 Å². The average molecular weight is 310 g/mol. The molecule has 0 saturated carbocycles. The maximum Gasteiger partial charge on any atom is 0.154 e. The normalized spacial score (nSPS) is 12.7. The number of aromatic nitrogens is 3. The summed E-state index contributed by atoms with van der Waals surface area (Å²) in [6.45, 7) is 6.29. The van der Waals surface area contributed by atoms with Crippen LogP contribution in [0.1, 0.15) is 19.4 Å². The van der Waals surface area contributed by atoms with Crippen LogP contribution in [-0.2, 0) is 0 Å². The number of anilines is 1. The first kappa shape index (κ1) is 15.5. The lowest BCUT2D eigenvalue weighted by Gasteiger charge is -2.20. The van der Waals surface area contributed by atoms with Crippen LogP contribution in [0.2, 0.25) is 0 Å². The smallest absolute Gasteiger partial charge is 0.154 e. The molecule has 0 radical (unpaired) electrons. The van der Waals surface area contributed by atoms with Gasteiger partial charge in [-0.25, -0.2) is 9.50 Å². The first-order valence-electron chi connectivity index (χ1n) is 7.87. The molecule has 3 aromatic rings. The van der Waals surface area contributed by atoms with Gasteiger partial charge in [-0.2, -0.15) is 0 Å². The van der Waals surface area contributed by atoms with Gasteiger partial charge in [-0.05, 0) is 31.0 Å². The van der Waals surface area contributed by atoms with E-state index in [4.69, 9.17) is 0 Å². The molecule has 0 aliphatic heterocycles. The topological polar surface area (TPSA) is 62.5 Å².